The highest BCUT2D eigenvalue weighted by atomic mass is 35.5. The van der Waals surface area contributed by atoms with Gasteiger partial charge in [0.15, 0.2) is 0 Å². The van der Waals surface area contributed by atoms with E-state index in [4.69, 9.17) is 23.2 Å². The fourth-order valence-corrected chi connectivity index (χ4v) is 3.56. The van der Waals surface area contributed by atoms with Gasteiger partial charge in [-0.1, -0.05) is 36.2 Å². The van der Waals surface area contributed by atoms with E-state index in [2.05, 4.69) is 22.0 Å². The number of hydrogen-bond donors (Lipinski definition) is 1. The lowest BCUT2D eigenvalue weighted by Crippen LogP contribution is -2.46. The first kappa shape index (κ1) is 19.0. The molecule has 2 aromatic rings. The van der Waals surface area contributed by atoms with Crippen LogP contribution in [0.15, 0.2) is 36.4 Å². The Morgan fingerprint density at radius 3 is 2.38 bits per heavy atom. The largest absolute Gasteiger partial charge is 0.368 e. The molecule has 0 unspecified atom stereocenters. The summed E-state index contributed by atoms with van der Waals surface area (Å²) in [4.78, 5) is 17.1. The van der Waals surface area contributed by atoms with Crippen LogP contribution >= 0.6 is 23.2 Å². The Kier molecular flexibility index (Phi) is 6.07. The normalized spacial score (nSPS) is 15.2. The maximum atomic E-state index is 12.4. The van der Waals surface area contributed by atoms with E-state index < -0.39 is 0 Å². The van der Waals surface area contributed by atoms with Gasteiger partial charge in [0.2, 0.25) is 0 Å². The van der Waals surface area contributed by atoms with E-state index in [0.717, 1.165) is 44.0 Å². The molecule has 0 spiro atoms. The van der Waals surface area contributed by atoms with Gasteiger partial charge in [-0.2, -0.15) is 0 Å². The lowest BCUT2D eigenvalue weighted by Gasteiger charge is -2.36. The molecular weight excluding hydrogens is 369 g/mol. The number of rotatable bonds is 4. The summed E-state index contributed by atoms with van der Waals surface area (Å²) in [5.41, 5.74) is 3.15. The highest BCUT2D eigenvalue weighted by Gasteiger charge is 2.18. The molecule has 6 heteroatoms. The topological polar surface area (TPSA) is 35.6 Å². The van der Waals surface area contributed by atoms with E-state index in [0.29, 0.717) is 21.3 Å². The maximum Gasteiger partial charge on any atom is 0.255 e. The van der Waals surface area contributed by atoms with Crippen molar-refractivity contribution in [1.82, 2.24) is 4.90 Å². The summed E-state index contributed by atoms with van der Waals surface area (Å²) in [6.45, 7) is 9.17. The minimum Gasteiger partial charge on any atom is -0.368 e. The Hall–Kier alpha value is -1.75. The molecule has 3 rings (SSSR count). The number of likely N-dealkylation sites (N-methyl/N-ethyl adjacent to an activating group) is 1. The van der Waals surface area contributed by atoms with Crippen molar-refractivity contribution in [2.45, 2.75) is 13.8 Å². The fourth-order valence-electron chi connectivity index (χ4n) is 3.08. The number of nitrogens with one attached hydrogen (secondary N) is 1. The van der Waals surface area contributed by atoms with E-state index in [9.17, 15) is 4.79 Å². The van der Waals surface area contributed by atoms with Crippen LogP contribution in [0.5, 0.6) is 0 Å². The van der Waals surface area contributed by atoms with E-state index in [1.54, 1.807) is 18.2 Å². The second kappa shape index (κ2) is 8.30. The molecule has 1 saturated heterocycles. The van der Waals surface area contributed by atoms with Crippen molar-refractivity contribution in [1.29, 1.82) is 0 Å². The molecule has 0 aromatic heterocycles. The lowest BCUT2D eigenvalue weighted by atomic mass is 10.1. The Balaban J connectivity index is 1.69. The van der Waals surface area contributed by atoms with Gasteiger partial charge in [0.05, 0.1) is 10.7 Å². The van der Waals surface area contributed by atoms with Crippen molar-refractivity contribution in [3.8, 4) is 0 Å². The highest BCUT2D eigenvalue weighted by molar-refractivity contribution is 6.33. The zero-order valence-electron chi connectivity index (χ0n) is 15.1. The smallest absolute Gasteiger partial charge is 0.255 e. The van der Waals surface area contributed by atoms with E-state index in [-0.39, 0.29) is 5.91 Å². The number of hydrogen-bond acceptors (Lipinski definition) is 3. The van der Waals surface area contributed by atoms with Crippen LogP contribution in [0.3, 0.4) is 0 Å². The molecule has 0 atom stereocenters. The molecular formula is C20H23Cl2N3O. The number of amides is 1. The molecule has 1 fully saturated rings. The number of aryl methyl sites for hydroxylation is 1. The third kappa shape index (κ3) is 4.32. The van der Waals surface area contributed by atoms with Crippen molar-refractivity contribution < 1.29 is 4.79 Å². The molecule has 1 amide bonds. The van der Waals surface area contributed by atoms with Gasteiger partial charge in [-0.25, -0.2) is 0 Å². The zero-order chi connectivity index (χ0) is 18.7. The van der Waals surface area contributed by atoms with Crippen LogP contribution in [-0.2, 0) is 0 Å². The molecule has 0 radical (unpaired) electrons. The minimum absolute atomic E-state index is 0.202. The molecule has 0 saturated carbocycles. The Morgan fingerprint density at radius 2 is 1.77 bits per heavy atom. The second-order valence-corrected chi connectivity index (χ2v) is 7.32. The number of halogens is 2. The van der Waals surface area contributed by atoms with Crippen molar-refractivity contribution in [3.05, 3.63) is 57.6 Å². The predicted molar refractivity (Wildman–Crippen MR) is 110 cm³/mol. The zero-order valence-corrected chi connectivity index (χ0v) is 16.6. The van der Waals surface area contributed by atoms with Gasteiger partial charge in [0.1, 0.15) is 0 Å². The van der Waals surface area contributed by atoms with Gasteiger partial charge in [0, 0.05) is 42.5 Å². The lowest BCUT2D eigenvalue weighted by molar-refractivity contribution is 0.102. The Labute approximate surface area is 164 Å². The third-order valence-electron chi connectivity index (χ3n) is 4.80. The molecule has 1 aliphatic heterocycles. The van der Waals surface area contributed by atoms with Crippen LogP contribution in [0.2, 0.25) is 10.0 Å². The molecule has 0 bridgehead atoms. The molecule has 4 nitrogen and oxygen atoms in total. The van der Waals surface area contributed by atoms with Crippen LogP contribution in [0.1, 0.15) is 22.8 Å². The summed E-state index contributed by atoms with van der Waals surface area (Å²) in [6.07, 6.45) is 0. The van der Waals surface area contributed by atoms with Gasteiger partial charge >= 0.3 is 0 Å². The van der Waals surface area contributed by atoms with Crippen LogP contribution in [0.25, 0.3) is 0 Å². The summed E-state index contributed by atoms with van der Waals surface area (Å²) in [7, 11) is 0. The van der Waals surface area contributed by atoms with Gasteiger partial charge in [-0.05, 0) is 49.4 Å². The molecule has 2 aromatic carbocycles. The van der Waals surface area contributed by atoms with Crippen molar-refractivity contribution in [2.75, 3.05) is 42.9 Å². The first-order valence-corrected chi connectivity index (χ1v) is 9.58. The van der Waals surface area contributed by atoms with Gasteiger partial charge < -0.3 is 15.1 Å². The third-order valence-corrected chi connectivity index (χ3v) is 5.51. The summed E-state index contributed by atoms with van der Waals surface area (Å²) in [5, 5.41) is 4.11. The Bertz CT molecular complexity index is 802. The van der Waals surface area contributed by atoms with Crippen molar-refractivity contribution in [2.24, 2.45) is 0 Å². The minimum atomic E-state index is -0.202. The van der Waals surface area contributed by atoms with Crippen LogP contribution in [0.4, 0.5) is 11.4 Å². The summed E-state index contributed by atoms with van der Waals surface area (Å²) >= 11 is 12.6. The summed E-state index contributed by atoms with van der Waals surface area (Å²) in [5.74, 6) is -0.202. The number of carbonyl (C=O) groups excluding carboxylic acids is 1. The van der Waals surface area contributed by atoms with Crippen molar-refractivity contribution >= 4 is 40.5 Å². The van der Waals surface area contributed by atoms with Gasteiger partial charge in [-0.15, -0.1) is 0 Å². The van der Waals surface area contributed by atoms with Gasteiger partial charge in [-0.3, -0.25) is 4.79 Å². The first-order chi connectivity index (χ1) is 12.5. The van der Waals surface area contributed by atoms with Crippen molar-refractivity contribution in [3.63, 3.8) is 0 Å². The predicted octanol–water partition coefficient (Wildman–Crippen LogP) is 4.70. The van der Waals surface area contributed by atoms with E-state index in [1.807, 2.05) is 25.1 Å². The molecule has 138 valence electrons. The molecule has 1 N–H and O–H groups in total. The SMILES string of the molecule is CCN1CCN(c2ccc(NC(=O)c3ccc(C)c(Cl)c3)cc2Cl)CC1. The first-order valence-electron chi connectivity index (χ1n) is 8.82. The number of carbonyl (C=O) groups is 1. The Morgan fingerprint density at radius 1 is 1.04 bits per heavy atom. The van der Waals surface area contributed by atoms with E-state index >= 15 is 0 Å². The fraction of sp³-hybridized carbons (Fsp3) is 0.350. The quantitative estimate of drug-likeness (QED) is 0.820. The molecule has 26 heavy (non-hydrogen) atoms. The number of piperazine rings is 1. The van der Waals surface area contributed by atoms with Crippen LogP contribution in [0, 0.1) is 6.92 Å². The average Bonchev–Trinajstić information content (AvgIpc) is 2.64. The standard InChI is InChI=1S/C20H23Cl2N3O/c1-3-24-8-10-25(11-9-24)19-7-6-16(13-18(19)22)23-20(26)15-5-4-14(2)17(21)12-15/h4-7,12-13H,3,8-11H2,1-2H3,(H,23,26). The van der Waals surface area contributed by atoms with Crippen LogP contribution < -0.4 is 10.2 Å². The second-order valence-electron chi connectivity index (χ2n) is 6.51. The highest BCUT2D eigenvalue weighted by Crippen LogP contribution is 2.30. The summed E-state index contributed by atoms with van der Waals surface area (Å²) in [6, 6.07) is 10.9. The maximum absolute atomic E-state index is 12.4. The molecule has 0 aliphatic carbocycles. The van der Waals surface area contributed by atoms with Crippen LogP contribution in [-0.4, -0.2) is 43.5 Å². The molecule has 1 heterocycles. The number of anilines is 2. The monoisotopic (exact) mass is 391 g/mol. The molecule has 1 aliphatic rings. The van der Waals surface area contributed by atoms with E-state index in [1.165, 1.54) is 0 Å². The number of nitrogens with zero attached hydrogens (tertiary/aromatic N) is 2. The summed E-state index contributed by atoms with van der Waals surface area (Å²) < 4.78 is 0. The van der Waals surface area contributed by atoms with Gasteiger partial charge in [0.25, 0.3) is 5.91 Å². The average molecular weight is 392 g/mol. The number of benzene rings is 2.